The minimum atomic E-state index is -0.284. The van der Waals surface area contributed by atoms with Gasteiger partial charge < -0.3 is 15.0 Å². The summed E-state index contributed by atoms with van der Waals surface area (Å²) in [4.78, 5) is 18.0. The van der Waals surface area contributed by atoms with Gasteiger partial charge in [-0.3, -0.25) is 4.90 Å². The van der Waals surface area contributed by atoms with Crippen molar-refractivity contribution < 1.29 is 9.53 Å². The molecule has 116 valence electrons. The summed E-state index contributed by atoms with van der Waals surface area (Å²) in [5.41, 5.74) is 8.86. The monoisotopic (exact) mass is 300 g/mol. The number of imidazole rings is 1. The second kappa shape index (κ2) is 5.19. The van der Waals surface area contributed by atoms with E-state index in [1.807, 2.05) is 18.2 Å². The number of hydrogen-bond acceptors (Lipinski definition) is 4. The number of nitrogen functional groups attached to an aromatic ring is 1. The van der Waals surface area contributed by atoms with Gasteiger partial charge in [-0.2, -0.15) is 0 Å². The van der Waals surface area contributed by atoms with Crippen molar-refractivity contribution in [3.05, 3.63) is 18.2 Å². The van der Waals surface area contributed by atoms with Crippen LogP contribution in [-0.4, -0.2) is 28.8 Å². The van der Waals surface area contributed by atoms with E-state index in [1.165, 1.54) is 12.8 Å². The number of carbonyl (C=O) groups is 1. The molecule has 1 aliphatic carbocycles. The Morgan fingerprint density at radius 1 is 1.23 bits per heavy atom. The maximum Gasteiger partial charge on any atom is 0.414 e. The predicted octanol–water partition coefficient (Wildman–Crippen LogP) is 3.08. The number of aromatic nitrogens is 2. The zero-order chi connectivity index (χ0) is 15.1. The smallest absolute Gasteiger partial charge is 0.414 e. The molecule has 0 unspecified atom stereocenters. The van der Waals surface area contributed by atoms with Crippen molar-refractivity contribution in [3.8, 4) is 0 Å². The number of nitrogens with two attached hydrogens (primary N) is 1. The summed E-state index contributed by atoms with van der Waals surface area (Å²) in [6.45, 7) is 1.18. The van der Waals surface area contributed by atoms with E-state index in [-0.39, 0.29) is 6.09 Å². The molecule has 1 saturated carbocycles. The van der Waals surface area contributed by atoms with Crippen LogP contribution in [0.25, 0.3) is 11.0 Å². The van der Waals surface area contributed by atoms with Crippen LogP contribution in [0.5, 0.6) is 0 Å². The maximum atomic E-state index is 11.9. The van der Waals surface area contributed by atoms with Gasteiger partial charge >= 0.3 is 6.09 Å². The molecule has 4 rings (SSSR count). The van der Waals surface area contributed by atoms with Crippen LogP contribution in [-0.2, 0) is 4.74 Å². The Morgan fingerprint density at radius 3 is 2.82 bits per heavy atom. The molecule has 0 spiro atoms. The number of nitrogens with zero attached hydrogens (tertiary/aromatic N) is 3. The van der Waals surface area contributed by atoms with E-state index in [2.05, 4.69) is 9.55 Å². The van der Waals surface area contributed by atoms with Crippen LogP contribution in [0.2, 0.25) is 0 Å². The number of anilines is 2. The van der Waals surface area contributed by atoms with Crippen molar-refractivity contribution in [2.24, 2.45) is 0 Å². The molecule has 22 heavy (non-hydrogen) atoms. The molecule has 0 atom stereocenters. The Bertz CT molecular complexity index is 718. The number of fused-ring (bicyclic) bond motifs is 1. The van der Waals surface area contributed by atoms with Crippen LogP contribution in [0.15, 0.2) is 18.2 Å². The standard InChI is InChI=1S/C16H20N4O2/c17-15-18-13-10-12(19-8-3-9-22-16(19)21)6-7-14(13)20(15)11-4-1-2-5-11/h6-7,10-11H,1-5,8-9H2,(H2,17,18). The maximum absolute atomic E-state index is 11.9. The molecule has 1 amide bonds. The lowest BCUT2D eigenvalue weighted by atomic mass is 10.2. The Morgan fingerprint density at radius 2 is 2.05 bits per heavy atom. The van der Waals surface area contributed by atoms with E-state index in [9.17, 15) is 4.79 Å². The Kier molecular flexibility index (Phi) is 3.17. The molecule has 1 aliphatic heterocycles. The number of carbonyl (C=O) groups excluding carboxylic acids is 1. The van der Waals surface area contributed by atoms with Crippen LogP contribution >= 0.6 is 0 Å². The third-order valence-electron chi connectivity index (χ3n) is 4.67. The SMILES string of the molecule is Nc1nc2cc(N3CCCOC3=O)ccc2n1C1CCCC1. The Balaban J connectivity index is 1.74. The molecule has 2 N–H and O–H groups in total. The van der Waals surface area contributed by atoms with Crippen molar-refractivity contribution >= 4 is 28.8 Å². The van der Waals surface area contributed by atoms with E-state index < -0.39 is 0 Å². The van der Waals surface area contributed by atoms with Crippen molar-refractivity contribution in [2.45, 2.75) is 38.1 Å². The fraction of sp³-hybridized carbons (Fsp3) is 0.500. The Hall–Kier alpha value is -2.24. The zero-order valence-electron chi connectivity index (χ0n) is 12.5. The number of benzene rings is 1. The average Bonchev–Trinajstić information content (AvgIpc) is 3.13. The van der Waals surface area contributed by atoms with Gasteiger partial charge in [-0.1, -0.05) is 12.8 Å². The summed E-state index contributed by atoms with van der Waals surface area (Å²) < 4.78 is 7.26. The Labute approximate surface area is 128 Å². The molecule has 2 aliphatic rings. The van der Waals surface area contributed by atoms with Gasteiger partial charge in [-0.15, -0.1) is 0 Å². The van der Waals surface area contributed by atoms with Crippen molar-refractivity contribution in [1.29, 1.82) is 0 Å². The van der Waals surface area contributed by atoms with Crippen LogP contribution in [0.4, 0.5) is 16.4 Å². The van der Waals surface area contributed by atoms with Gasteiger partial charge in [0.2, 0.25) is 5.95 Å². The lowest BCUT2D eigenvalue weighted by molar-refractivity contribution is 0.140. The largest absolute Gasteiger partial charge is 0.449 e. The lowest BCUT2D eigenvalue weighted by Gasteiger charge is -2.26. The van der Waals surface area contributed by atoms with Crippen LogP contribution < -0.4 is 10.6 Å². The molecule has 2 aromatic rings. The van der Waals surface area contributed by atoms with Crippen LogP contribution in [0.3, 0.4) is 0 Å². The molecular formula is C16H20N4O2. The first-order valence-electron chi connectivity index (χ1n) is 7.96. The highest BCUT2D eigenvalue weighted by Crippen LogP contribution is 2.35. The number of amides is 1. The van der Waals surface area contributed by atoms with Crippen molar-refractivity contribution in [2.75, 3.05) is 23.8 Å². The molecule has 1 saturated heterocycles. The second-order valence-corrected chi connectivity index (χ2v) is 6.07. The first kappa shape index (κ1) is 13.4. The topological polar surface area (TPSA) is 73.4 Å². The molecular weight excluding hydrogens is 280 g/mol. The van der Waals surface area contributed by atoms with Gasteiger partial charge in [-0.25, -0.2) is 9.78 Å². The zero-order valence-corrected chi connectivity index (χ0v) is 12.5. The third-order valence-corrected chi connectivity index (χ3v) is 4.67. The quantitative estimate of drug-likeness (QED) is 0.925. The van der Waals surface area contributed by atoms with Crippen LogP contribution in [0.1, 0.15) is 38.1 Å². The second-order valence-electron chi connectivity index (χ2n) is 6.07. The van der Waals surface area contributed by atoms with Gasteiger partial charge in [0, 0.05) is 18.3 Å². The van der Waals surface area contributed by atoms with E-state index in [1.54, 1.807) is 4.90 Å². The van der Waals surface area contributed by atoms with Gasteiger partial charge in [0.05, 0.1) is 17.6 Å². The summed E-state index contributed by atoms with van der Waals surface area (Å²) in [5.74, 6) is 0.570. The average molecular weight is 300 g/mol. The minimum absolute atomic E-state index is 0.284. The molecule has 6 heteroatoms. The summed E-state index contributed by atoms with van der Waals surface area (Å²) in [6.07, 6.45) is 5.39. The van der Waals surface area contributed by atoms with E-state index in [4.69, 9.17) is 10.5 Å². The first-order valence-corrected chi connectivity index (χ1v) is 7.96. The molecule has 0 bridgehead atoms. The predicted molar refractivity (Wildman–Crippen MR) is 85.0 cm³/mol. The summed E-state index contributed by atoms with van der Waals surface area (Å²) >= 11 is 0. The number of rotatable bonds is 2. The summed E-state index contributed by atoms with van der Waals surface area (Å²) in [7, 11) is 0. The number of ether oxygens (including phenoxy) is 1. The van der Waals surface area contributed by atoms with E-state index >= 15 is 0 Å². The van der Waals surface area contributed by atoms with Gasteiger partial charge in [0.1, 0.15) is 0 Å². The molecule has 6 nitrogen and oxygen atoms in total. The van der Waals surface area contributed by atoms with E-state index in [0.29, 0.717) is 25.1 Å². The highest BCUT2D eigenvalue weighted by molar-refractivity contribution is 5.92. The van der Waals surface area contributed by atoms with E-state index in [0.717, 1.165) is 36.0 Å². The number of hydrogen-bond donors (Lipinski definition) is 1. The van der Waals surface area contributed by atoms with Gasteiger partial charge in [0.15, 0.2) is 0 Å². The normalized spacial score (nSPS) is 19.8. The molecule has 2 heterocycles. The molecule has 1 aromatic heterocycles. The highest BCUT2D eigenvalue weighted by Gasteiger charge is 2.24. The molecule has 2 fully saturated rings. The van der Waals surface area contributed by atoms with Gasteiger partial charge in [-0.05, 0) is 37.5 Å². The molecule has 1 aromatic carbocycles. The van der Waals surface area contributed by atoms with Gasteiger partial charge in [0.25, 0.3) is 0 Å². The molecule has 0 radical (unpaired) electrons. The van der Waals surface area contributed by atoms with Crippen molar-refractivity contribution in [3.63, 3.8) is 0 Å². The highest BCUT2D eigenvalue weighted by atomic mass is 16.6. The fourth-order valence-electron chi connectivity index (χ4n) is 3.61. The fourth-order valence-corrected chi connectivity index (χ4v) is 3.61. The first-order chi connectivity index (χ1) is 10.7. The van der Waals surface area contributed by atoms with Crippen molar-refractivity contribution in [1.82, 2.24) is 9.55 Å². The summed E-state index contributed by atoms with van der Waals surface area (Å²) in [5, 5.41) is 0. The minimum Gasteiger partial charge on any atom is -0.449 e. The lowest BCUT2D eigenvalue weighted by Crippen LogP contribution is -2.37. The number of cyclic esters (lactones) is 1. The summed E-state index contributed by atoms with van der Waals surface area (Å²) in [6, 6.07) is 6.37. The third kappa shape index (κ3) is 2.10. The van der Waals surface area contributed by atoms with Crippen LogP contribution in [0, 0.1) is 0 Å².